The van der Waals surface area contributed by atoms with Crippen molar-refractivity contribution in [3.05, 3.63) is 29.0 Å². The molecule has 3 nitrogen and oxygen atoms in total. The second-order valence-electron chi connectivity index (χ2n) is 4.48. The van der Waals surface area contributed by atoms with Gasteiger partial charge in [0, 0.05) is 35.7 Å². The second-order valence-corrected chi connectivity index (χ2v) is 6.31. The zero-order valence-corrected chi connectivity index (χ0v) is 13.8. The molecular weight excluding hydrogens is 322 g/mol. The Kier molecular flexibility index (Phi) is 5.05. The van der Waals surface area contributed by atoms with Gasteiger partial charge in [0.15, 0.2) is 0 Å². The third-order valence-electron chi connectivity index (χ3n) is 3.28. The maximum atomic E-state index is 4.52. The summed E-state index contributed by atoms with van der Waals surface area (Å²) in [6.07, 6.45) is 6.96. The normalized spacial score (nSPS) is 12.6. The molecule has 5 heteroatoms. The van der Waals surface area contributed by atoms with E-state index in [1.807, 2.05) is 36.3 Å². The van der Waals surface area contributed by atoms with Crippen LogP contribution < -0.4 is 4.90 Å². The monoisotopic (exact) mass is 339 g/mol. The minimum atomic E-state index is 0.519. The molecule has 1 unspecified atom stereocenters. The van der Waals surface area contributed by atoms with Crippen molar-refractivity contribution in [3.8, 4) is 0 Å². The van der Waals surface area contributed by atoms with E-state index in [0.717, 1.165) is 33.4 Å². The van der Waals surface area contributed by atoms with Crippen molar-refractivity contribution in [3.63, 3.8) is 0 Å². The summed E-state index contributed by atoms with van der Waals surface area (Å²) in [5.74, 6) is 1.12. The molecule has 2 aromatic heterocycles. The predicted molar refractivity (Wildman–Crippen MR) is 88.1 cm³/mol. The summed E-state index contributed by atoms with van der Waals surface area (Å²) in [4.78, 5) is 11.2. The number of rotatable bonds is 5. The van der Waals surface area contributed by atoms with Gasteiger partial charge >= 0.3 is 0 Å². The Labute approximate surface area is 126 Å². The Hall–Kier alpha value is -0.810. The van der Waals surface area contributed by atoms with Gasteiger partial charge in [0.2, 0.25) is 0 Å². The molecule has 0 N–H and O–H groups in total. The molecule has 102 valence electrons. The minimum Gasteiger partial charge on any atom is -0.369 e. The minimum absolute atomic E-state index is 0.519. The fourth-order valence-corrected chi connectivity index (χ4v) is 3.33. The van der Waals surface area contributed by atoms with Crippen LogP contribution in [0.25, 0.3) is 11.0 Å². The first-order valence-corrected chi connectivity index (χ1v) is 8.48. The highest BCUT2D eigenvalue weighted by molar-refractivity contribution is 9.10. The first-order chi connectivity index (χ1) is 9.17. The van der Waals surface area contributed by atoms with Crippen molar-refractivity contribution in [2.45, 2.75) is 19.4 Å². The molecule has 2 rings (SSSR count). The Bertz CT molecular complexity index is 561. The van der Waals surface area contributed by atoms with Crippen LogP contribution in [0.4, 0.5) is 5.69 Å². The number of anilines is 1. The van der Waals surface area contributed by atoms with Gasteiger partial charge < -0.3 is 4.90 Å². The maximum Gasteiger partial charge on any atom is 0.112 e. The van der Waals surface area contributed by atoms with E-state index in [9.17, 15) is 0 Å². The number of thioether (sulfide) groups is 1. The van der Waals surface area contributed by atoms with Crippen LogP contribution in [0, 0.1) is 0 Å². The second kappa shape index (κ2) is 6.57. The van der Waals surface area contributed by atoms with E-state index in [1.165, 1.54) is 0 Å². The fraction of sp³-hybridized carbons (Fsp3) is 0.429. The van der Waals surface area contributed by atoms with Crippen molar-refractivity contribution in [2.75, 3.05) is 24.0 Å². The summed E-state index contributed by atoms with van der Waals surface area (Å²) >= 11 is 5.32. The summed E-state index contributed by atoms with van der Waals surface area (Å²) in [6, 6.07) is 4.58. The number of hydrogen-bond donors (Lipinski definition) is 0. The Morgan fingerprint density at radius 2 is 2.21 bits per heavy atom. The van der Waals surface area contributed by atoms with Crippen molar-refractivity contribution in [1.29, 1.82) is 0 Å². The summed E-state index contributed by atoms with van der Waals surface area (Å²) in [5, 5.41) is 0. The van der Waals surface area contributed by atoms with Crippen LogP contribution in [0.5, 0.6) is 0 Å². The molecule has 0 spiro atoms. The van der Waals surface area contributed by atoms with Crippen molar-refractivity contribution >= 4 is 44.4 Å². The summed E-state index contributed by atoms with van der Waals surface area (Å²) < 4.78 is 0.962. The van der Waals surface area contributed by atoms with E-state index in [0.29, 0.717) is 6.04 Å². The first kappa shape index (κ1) is 14.6. The van der Waals surface area contributed by atoms with E-state index in [-0.39, 0.29) is 0 Å². The van der Waals surface area contributed by atoms with Crippen LogP contribution in [0.3, 0.4) is 0 Å². The van der Waals surface area contributed by atoms with E-state index >= 15 is 0 Å². The van der Waals surface area contributed by atoms with Gasteiger partial charge in [-0.1, -0.05) is 6.92 Å². The van der Waals surface area contributed by atoms with Gasteiger partial charge in [0.1, 0.15) is 5.52 Å². The van der Waals surface area contributed by atoms with Gasteiger partial charge in [0.25, 0.3) is 0 Å². The zero-order chi connectivity index (χ0) is 13.8. The number of hydrogen-bond acceptors (Lipinski definition) is 4. The summed E-state index contributed by atoms with van der Waals surface area (Å²) in [5.41, 5.74) is 3.05. The lowest BCUT2D eigenvalue weighted by molar-refractivity contribution is 0.674. The standard InChI is InChI=1S/C14H18BrN3S/c1-4-11(9-19-3)18(2)13-5-6-16-12-7-10(15)8-17-14(12)13/h5-8,11H,4,9H2,1-3H3. The third kappa shape index (κ3) is 3.20. The van der Waals surface area contributed by atoms with Crippen LogP contribution in [0.2, 0.25) is 0 Å². The lowest BCUT2D eigenvalue weighted by Gasteiger charge is -2.29. The summed E-state index contributed by atoms with van der Waals surface area (Å²) in [6.45, 7) is 2.23. The zero-order valence-electron chi connectivity index (χ0n) is 11.4. The molecule has 0 saturated heterocycles. The average molecular weight is 340 g/mol. The SMILES string of the molecule is CCC(CSC)N(C)c1ccnc2cc(Br)cnc12. The molecule has 0 aliphatic rings. The molecule has 0 fully saturated rings. The molecule has 0 radical (unpaired) electrons. The average Bonchev–Trinajstić information content (AvgIpc) is 2.43. The molecule has 0 bridgehead atoms. The van der Waals surface area contributed by atoms with Gasteiger partial charge in [-0.15, -0.1) is 0 Å². The van der Waals surface area contributed by atoms with Crippen molar-refractivity contribution < 1.29 is 0 Å². The summed E-state index contributed by atoms with van der Waals surface area (Å²) in [7, 11) is 2.14. The fourth-order valence-electron chi connectivity index (χ4n) is 2.17. The molecule has 0 amide bonds. The van der Waals surface area contributed by atoms with E-state index in [4.69, 9.17) is 0 Å². The molecule has 2 aromatic rings. The number of aromatic nitrogens is 2. The number of pyridine rings is 2. The van der Waals surface area contributed by atoms with E-state index < -0.39 is 0 Å². The number of fused-ring (bicyclic) bond motifs is 1. The Morgan fingerprint density at radius 3 is 2.89 bits per heavy atom. The highest BCUT2D eigenvalue weighted by atomic mass is 79.9. The van der Waals surface area contributed by atoms with Gasteiger partial charge in [-0.3, -0.25) is 9.97 Å². The predicted octanol–water partition coefficient (Wildman–Crippen LogP) is 3.97. The van der Waals surface area contributed by atoms with Gasteiger partial charge in [0.05, 0.1) is 11.2 Å². The lowest BCUT2D eigenvalue weighted by Crippen LogP contribution is -2.33. The molecule has 19 heavy (non-hydrogen) atoms. The van der Waals surface area contributed by atoms with Crippen LogP contribution in [-0.4, -0.2) is 35.1 Å². The van der Waals surface area contributed by atoms with Crippen LogP contribution in [0.15, 0.2) is 29.0 Å². The largest absolute Gasteiger partial charge is 0.369 e. The molecular formula is C14H18BrN3S. The van der Waals surface area contributed by atoms with Gasteiger partial charge in [-0.25, -0.2) is 0 Å². The van der Waals surface area contributed by atoms with Gasteiger partial charge in [-0.05, 0) is 40.7 Å². The van der Waals surface area contributed by atoms with Crippen molar-refractivity contribution in [1.82, 2.24) is 9.97 Å². The topological polar surface area (TPSA) is 29.0 Å². The lowest BCUT2D eigenvalue weighted by atomic mass is 10.2. The van der Waals surface area contributed by atoms with E-state index in [1.54, 1.807) is 0 Å². The maximum absolute atomic E-state index is 4.52. The van der Waals surface area contributed by atoms with Gasteiger partial charge in [-0.2, -0.15) is 11.8 Å². The molecule has 2 heterocycles. The molecule has 0 aromatic carbocycles. The van der Waals surface area contributed by atoms with Crippen LogP contribution in [-0.2, 0) is 0 Å². The smallest absolute Gasteiger partial charge is 0.112 e. The molecule has 0 aliphatic carbocycles. The van der Waals surface area contributed by atoms with Crippen LogP contribution in [0.1, 0.15) is 13.3 Å². The first-order valence-electron chi connectivity index (χ1n) is 6.29. The van der Waals surface area contributed by atoms with E-state index in [2.05, 4.69) is 51.0 Å². The highest BCUT2D eigenvalue weighted by Gasteiger charge is 2.16. The molecule has 0 saturated carbocycles. The van der Waals surface area contributed by atoms with Crippen LogP contribution >= 0.6 is 27.7 Å². The third-order valence-corrected chi connectivity index (χ3v) is 4.43. The molecule has 0 aliphatic heterocycles. The Balaban J connectivity index is 2.44. The van der Waals surface area contributed by atoms with Crippen molar-refractivity contribution in [2.24, 2.45) is 0 Å². The number of halogens is 1. The quantitative estimate of drug-likeness (QED) is 0.824. The number of nitrogens with zero attached hydrogens (tertiary/aromatic N) is 3. The Morgan fingerprint density at radius 1 is 1.42 bits per heavy atom. The molecule has 1 atom stereocenters. The highest BCUT2D eigenvalue weighted by Crippen LogP contribution is 2.27.